The Labute approximate surface area is 126 Å². The number of halogens is 2. The van der Waals surface area contributed by atoms with Crippen LogP contribution < -0.4 is 5.43 Å². The Bertz CT molecular complexity index is 800. The van der Waals surface area contributed by atoms with Crippen molar-refractivity contribution in [1.82, 2.24) is 4.98 Å². The van der Waals surface area contributed by atoms with Gasteiger partial charge in [0.2, 0.25) is 0 Å². The molecule has 3 rings (SSSR count). The lowest BCUT2D eigenvalue weighted by Crippen LogP contribution is -1.93. The lowest BCUT2D eigenvalue weighted by atomic mass is 10.2. The monoisotopic (exact) mass is 299 g/mol. The molecule has 3 aromatic rings. The Morgan fingerprint density at radius 1 is 1.10 bits per heavy atom. The molecule has 0 spiro atoms. The van der Waals surface area contributed by atoms with Crippen LogP contribution in [0.5, 0.6) is 0 Å². The first-order valence-electron chi connectivity index (χ1n) is 6.31. The molecule has 1 N–H and O–H groups in total. The van der Waals surface area contributed by atoms with Gasteiger partial charge in [0.25, 0.3) is 0 Å². The first kappa shape index (κ1) is 13.5. The molecule has 0 aliphatic heterocycles. The van der Waals surface area contributed by atoms with Crippen LogP contribution in [0.3, 0.4) is 0 Å². The number of hydrogen-bond acceptors (Lipinski definition) is 3. The summed E-state index contributed by atoms with van der Waals surface area (Å²) in [4.78, 5) is 4.26. The highest BCUT2D eigenvalue weighted by Crippen LogP contribution is 2.24. The lowest BCUT2D eigenvalue weighted by Gasteiger charge is -2.05. The van der Waals surface area contributed by atoms with Gasteiger partial charge in [0.1, 0.15) is 5.82 Å². The van der Waals surface area contributed by atoms with E-state index < -0.39 is 0 Å². The fraction of sp³-hybridized carbons (Fsp3) is 0. The summed E-state index contributed by atoms with van der Waals surface area (Å²) in [6, 6.07) is 13.4. The summed E-state index contributed by atoms with van der Waals surface area (Å²) in [5.41, 5.74) is 5.40. The van der Waals surface area contributed by atoms with Crippen molar-refractivity contribution >= 4 is 34.4 Å². The van der Waals surface area contributed by atoms with Crippen molar-refractivity contribution in [3.05, 3.63) is 71.1 Å². The van der Waals surface area contributed by atoms with E-state index in [1.807, 2.05) is 12.1 Å². The van der Waals surface area contributed by atoms with Crippen LogP contribution in [0.15, 0.2) is 59.8 Å². The van der Waals surface area contributed by atoms with Crippen LogP contribution in [0.4, 0.5) is 10.1 Å². The number of benzene rings is 2. The Balaban J connectivity index is 1.83. The molecule has 0 fully saturated rings. The third kappa shape index (κ3) is 3.17. The van der Waals surface area contributed by atoms with Gasteiger partial charge in [0.15, 0.2) is 0 Å². The topological polar surface area (TPSA) is 37.3 Å². The van der Waals surface area contributed by atoms with Crippen molar-refractivity contribution in [2.24, 2.45) is 5.10 Å². The second-order valence-corrected chi connectivity index (χ2v) is 4.88. The van der Waals surface area contributed by atoms with Crippen molar-refractivity contribution < 1.29 is 4.39 Å². The van der Waals surface area contributed by atoms with E-state index in [4.69, 9.17) is 11.6 Å². The molecular formula is C16H11ClFN3. The van der Waals surface area contributed by atoms with Crippen molar-refractivity contribution in [1.29, 1.82) is 0 Å². The minimum Gasteiger partial charge on any atom is -0.278 e. The van der Waals surface area contributed by atoms with Crippen molar-refractivity contribution in [3.8, 4) is 0 Å². The molecule has 0 aliphatic rings. The zero-order chi connectivity index (χ0) is 14.7. The fourth-order valence-electron chi connectivity index (χ4n) is 1.94. The second-order valence-electron chi connectivity index (χ2n) is 4.44. The summed E-state index contributed by atoms with van der Waals surface area (Å²) in [6.45, 7) is 0. The number of pyridine rings is 1. The summed E-state index contributed by atoms with van der Waals surface area (Å²) >= 11 is 5.95. The number of fused-ring (bicyclic) bond motifs is 1. The SMILES string of the molecule is Fc1ccc(/C=N/Nc2ccnc3cc(Cl)ccc23)cc1. The fourth-order valence-corrected chi connectivity index (χ4v) is 2.11. The maximum Gasteiger partial charge on any atom is 0.123 e. The first-order chi connectivity index (χ1) is 10.2. The third-order valence-corrected chi connectivity index (χ3v) is 3.21. The van der Waals surface area contributed by atoms with Crippen LogP contribution in [0, 0.1) is 5.82 Å². The molecule has 1 aromatic heterocycles. The van der Waals surface area contributed by atoms with E-state index in [1.165, 1.54) is 12.1 Å². The third-order valence-electron chi connectivity index (χ3n) is 2.97. The van der Waals surface area contributed by atoms with Gasteiger partial charge >= 0.3 is 0 Å². The highest BCUT2D eigenvalue weighted by Gasteiger charge is 2.01. The molecule has 0 amide bonds. The number of hydrogen-bond donors (Lipinski definition) is 1. The van der Waals surface area contributed by atoms with Crippen LogP contribution in [0.1, 0.15) is 5.56 Å². The van der Waals surface area contributed by atoms with E-state index in [-0.39, 0.29) is 5.82 Å². The number of rotatable bonds is 3. The minimum atomic E-state index is -0.267. The van der Waals surface area contributed by atoms with Crippen LogP contribution in [0.2, 0.25) is 5.02 Å². The van der Waals surface area contributed by atoms with Crippen LogP contribution in [-0.4, -0.2) is 11.2 Å². The van der Waals surface area contributed by atoms with Gasteiger partial charge in [0, 0.05) is 16.6 Å². The predicted molar refractivity (Wildman–Crippen MR) is 84.4 cm³/mol. The van der Waals surface area contributed by atoms with Gasteiger partial charge in [-0.2, -0.15) is 5.10 Å². The molecule has 0 aliphatic carbocycles. The summed E-state index contributed by atoms with van der Waals surface area (Å²) in [6.07, 6.45) is 3.32. The molecule has 0 saturated heterocycles. The normalized spacial score (nSPS) is 11.1. The quantitative estimate of drug-likeness (QED) is 0.572. The molecule has 0 atom stereocenters. The Morgan fingerprint density at radius 3 is 2.71 bits per heavy atom. The van der Waals surface area contributed by atoms with Gasteiger partial charge in [-0.25, -0.2) is 4.39 Å². The molecule has 0 saturated carbocycles. The zero-order valence-electron chi connectivity index (χ0n) is 10.9. The second kappa shape index (κ2) is 5.89. The van der Waals surface area contributed by atoms with E-state index in [0.29, 0.717) is 5.02 Å². The van der Waals surface area contributed by atoms with Crippen molar-refractivity contribution in [2.75, 3.05) is 5.43 Å². The smallest absolute Gasteiger partial charge is 0.123 e. The largest absolute Gasteiger partial charge is 0.278 e. The summed E-state index contributed by atoms with van der Waals surface area (Å²) in [5, 5.41) is 5.73. The van der Waals surface area contributed by atoms with E-state index in [2.05, 4.69) is 15.5 Å². The molecule has 21 heavy (non-hydrogen) atoms. The number of nitrogens with zero attached hydrogens (tertiary/aromatic N) is 2. The summed E-state index contributed by atoms with van der Waals surface area (Å²) in [5.74, 6) is -0.267. The van der Waals surface area contributed by atoms with Gasteiger partial charge in [-0.15, -0.1) is 0 Å². The molecule has 2 aromatic carbocycles. The molecule has 1 heterocycles. The maximum absolute atomic E-state index is 12.8. The molecule has 0 radical (unpaired) electrons. The van der Waals surface area contributed by atoms with Gasteiger partial charge in [0.05, 0.1) is 17.4 Å². The van der Waals surface area contributed by atoms with Crippen LogP contribution in [-0.2, 0) is 0 Å². The molecule has 0 unspecified atom stereocenters. The van der Waals surface area contributed by atoms with Gasteiger partial charge < -0.3 is 0 Å². The number of hydrazone groups is 1. The highest BCUT2D eigenvalue weighted by molar-refractivity contribution is 6.31. The van der Waals surface area contributed by atoms with E-state index in [0.717, 1.165) is 22.2 Å². The summed E-state index contributed by atoms with van der Waals surface area (Å²) in [7, 11) is 0. The van der Waals surface area contributed by atoms with Gasteiger partial charge in [-0.3, -0.25) is 10.4 Å². The molecule has 0 bridgehead atoms. The average Bonchev–Trinajstić information content (AvgIpc) is 2.49. The minimum absolute atomic E-state index is 0.267. The van der Waals surface area contributed by atoms with Gasteiger partial charge in [-0.05, 0) is 42.0 Å². The molecule has 5 heteroatoms. The van der Waals surface area contributed by atoms with E-state index in [9.17, 15) is 4.39 Å². The van der Waals surface area contributed by atoms with Crippen molar-refractivity contribution in [3.63, 3.8) is 0 Å². The van der Waals surface area contributed by atoms with Gasteiger partial charge in [-0.1, -0.05) is 23.7 Å². The molecule has 104 valence electrons. The maximum atomic E-state index is 12.8. The Morgan fingerprint density at radius 2 is 1.90 bits per heavy atom. The standard InChI is InChI=1S/C16H11ClFN3/c17-12-3-6-14-15(7-8-19-16(14)9-12)21-20-10-11-1-4-13(18)5-2-11/h1-10H,(H,19,21)/b20-10+. The highest BCUT2D eigenvalue weighted by atomic mass is 35.5. The lowest BCUT2D eigenvalue weighted by molar-refractivity contribution is 0.628. The van der Waals surface area contributed by atoms with E-state index >= 15 is 0 Å². The molecular weight excluding hydrogens is 289 g/mol. The Kier molecular flexibility index (Phi) is 3.79. The number of anilines is 1. The Hall–Kier alpha value is -2.46. The van der Waals surface area contributed by atoms with E-state index in [1.54, 1.807) is 36.7 Å². The zero-order valence-corrected chi connectivity index (χ0v) is 11.7. The van der Waals surface area contributed by atoms with Crippen LogP contribution >= 0.6 is 11.6 Å². The number of nitrogens with one attached hydrogen (secondary N) is 1. The molecule has 3 nitrogen and oxygen atoms in total. The first-order valence-corrected chi connectivity index (χ1v) is 6.69. The van der Waals surface area contributed by atoms with Crippen LogP contribution in [0.25, 0.3) is 10.9 Å². The predicted octanol–water partition coefficient (Wildman–Crippen LogP) is 4.47. The van der Waals surface area contributed by atoms with Crippen molar-refractivity contribution in [2.45, 2.75) is 0 Å². The number of aromatic nitrogens is 1. The summed E-state index contributed by atoms with van der Waals surface area (Å²) < 4.78 is 12.8. The average molecular weight is 300 g/mol.